The second-order valence-corrected chi connectivity index (χ2v) is 6.36. The summed E-state index contributed by atoms with van der Waals surface area (Å²) in [5.41, 5.74) is 1.56. The zero-order valence-corrected chi connectivity index (χ0v) is 15.0. The molecule has 0 fully saturated rings. The lowest BCUT2D eigenvalue weighted by Crippen LogP contribution is -2.21. The van der Waals surface area contributed by atoms with Gasteiger partial charge >= 0.3 is 0 Å². The quantitative estimate of drug-likeness (QED) is 0.848. The highest BCUT2D eigenvalue weighted by atomic mass is 19.1. The van der Waals surface area contributed by atoms with Gasteiger partial charge in [0, 0.05) is 30.3 Å². The molecule has 3 rings (SSSR count). The molecule has 2 amide bonds. The van der Waals surface area contributed by atoms with Crippen molar-refractivity contribution in [3.05, 3.63) is 58.9 Å². The van der Waals surface area contributed by atoms with Gasteiger partial charge < -0.3 is 15.4 Å². The maximum absolute atomic E-state index is 14.0. The third kappa shape index (κ3) is 3.81. The van der Waals surface area contributed by atoms with Gasteiger partial charge in [-0.2, -0.15) is 0 Å². The van der Waals surface area contributed by atoms with Gasteiger partial charge in [-0.1, -0.05) is 6.92 Å². The van der Waals surface area contributed by atoms with Crippen LogP contribution in [-0.4, -0.2) is 31.3 Å². The van der Waals surface area contributed by atoms with E-state index in [0.717, 1.165) is 0 Å². The van der Waals surface area contributed by atoms with E-state index in [1.807, 2.05) is 0 Å². The molecule has 7 heteroatoms. The Morgan fingerprint density at radius 3 is 2.56 bits per heavy atom. The Morgan fingerprint density at radius 2 is 1.89 bits per heavy atom. The van der Waals surface area contributed by atoms with E-state index in [-0.39, 0.29) is 41.9 Å². The molecule has 0 saturated heterocycles. The van der Waals surface area contributed by atoms with Crippen molar-refractivity contribution in [1.82, 2.24) is 5.32 Å². The minimum atomic E-state index is -0.434. The van der Waals surface area contributed by atoms with Crippen LogP contribution in [0.2, 0.25) is 0 Å². The molecule has 1 aliphatic carbocycles. The first-order valence-corrected chi connectivity index (χ1v) is 8.51. The molecule has 140 valence electrons. The van der Waals surface area contributed by atoms with Gasteiger partial charge in [0.25, 0.3) is 11.8 Å². The summed E-state index contributed by atoms with van der Waals surface area (Å²) in [4.78, 5) is 35.7. The maximum atomic E-state index is 14.0. The van der Waals surface area contributed by atoms with Crippen LogP contribution in [0.25, 0.3) is 0 Å². The number of carbonyl (C=O) groups excluding carboxylic acids is 3. The topological polar surface area (TPSA) is 84.5 Å². The summed E-state index contributed by atoms with van der Waals surface area (Å²) >= 11 is 0. The van der Waals surface area contributed by atoms with Gasteiger partial charge in [-0.05, 0) is 42.3 Å². The Hall–Kier alpha value is -3.22. The van der Waals surface area contributed by atoms with Gasteiger partial charge in [-0.25, -0.2) is 4.39 Å². The molecule has 2 aromatic carbocycles. The number of Topliss-reactive ketones (excluding diaryl/α,β-unsaturated/α-hetero) is 1. The zero-order chi connectivity index (χ0) is 19.6. The first-order chi connectivity index (χ1) is 12.9. The van der Waals surface area contributed by atoms with Crippen LogP contribution in [0.1, 0.15) is 45.5 Å². The van der Waals surface area contributed by atoms with E-state index in [4.69, 9.17) is 4.74 Å². The lowest BCUT2D eigenvalue weighted by molar-refractivity contribution is -0.118. The van der Waals surface area contributed by atoms with Crippen LogP contribution >= 0.6 is 0 Å². The summed E-state index contributed by atoms with van der Waals surface area (Å²) < 4.78 is 19.5. The number of hydrogen-bond acceptors (Lipinski definition) is 4. The summed E-state index contributed by atoms with van der Waals surface area (Å²) in [6.45, 7) is 1.46. The minimum Gasteiger partial charge on any atom is -0.483 e. The SMILES string of the molecule is CNC(=O)c1ccc(NC(=O)COc2ccc(F)c3c2C(=O)CC3C)cc1. The number of nitrogens with one attached hydrogen (secondary N) is 2. The number of anilines is 1. The summed E-state index contributed by atoms with van der Waals surface area (Å²) in [5.74, 6) is -1.26. The number of hydrogen-bond donors (Lipinski definition) is 2. The molecule has 0 spiro atoms. The number of amides is 2. The zero-order valence-electron chi connectivity index (χ0n) is 15.0. The predicted molar refractivity (Wildman–Crippen MR) is 97.7 cm³/mol. The molecular weight excluding hydrogens is 351 g/mol. The Labute approximate surface area is 155 Å². The van der Waals surface area contributed by atoms with E-state index >= 15 is 0 Å². The number of ether oxygens (including phenoxy) is 1. The number of rotatable bonds is 5. The lowest BCUT2D eigenvalue weighted by Gasteiger charge is -2.12. The Balaban J connectivity index is 1.65. The van der Waals surface area contributed by atoms with Crippen LogP contribution in [0.15, 0.2) is 36.4 Å². The van der Waals surface area contributed by atoms with Gasteiger partial charge in [0.2, 0.25) is 0 Å². The van der Waals surface area contributed by atoms with Crippen molar-refractivity contribution in [2.45, 2.75) is 19.3 Å². The molecule has 6 nitrogen and oxygen atoms in total. The fraction of sp³-hybridized carbons (Fsp3) is 0.250. The number of benzene rings is 2. The first-order valence-electron chi connectivity index (χ1n) is 8.51. The highest BCUT2D eigenvalue weighted by Crippen LogP contribution is 2.39. The fourth-order valence-corrected chi connectivity index (χ4v) is 3.14. The summed E-state index contributed by atoms with van der Waals surface area (Å²) in [5, 5.41) is 5.15. The second kappa shape index (κ2) is 7.57. The molecule has 0 aromatic heterocycles. The molecule has 2 aromatic rings. The van der Waals surface area contributed by atoms with Gasteiger partial charge in [-0.15, -0.1) is 0 Å². The molecule has 1 aliphatic rings. The molecule has 27 heavy (non-hydrogen) atoms. The number of fused-ring (bicyclic) bond motifs is 1. The fourth-order valence-electron chi connectivity index (χ4n) is 3.14. The average Bonchev–Trinajstić information content (AvgIpc) is 2.96. The van der Waals surface area contributed by atoms with Crippen molar-refractivity contribution in [3.63, 3.8) is 0 Å². The molecule has 0 aliphatic heterocycles. The van der Waals surface area contributed by atoms with E-state index in [1.54, 1.807) is 31.2 Å². The Morgan fingerprint density at radius 1 is 1.19 bits per heavy atom. The minimum absolute atomic E-state index is 0.183. The lowest BCUT2D eigenvalue weighted by atomic mass is 10.0. The van der Waals surface area contributed by atoms with Crippen LogP contribution in [-0.2, 0) is 4.79 Å². The summed E-state index contributed by atoms with van der Waals surface area (Å²) in [7, 11) is 1.53. The standard InChI is InChI=1S/C20H19FN2O4/c1-11-9-15(24)19-16(8-7-14(21)18(11)19)27-10-17(25)23-13-5-3-12(4-6-13)20(26)22-2/h3-8,11H,9-10H2,1-2H3,(H,22,26)(H,23,25). The van der Waals surface area contributed by atoms with Crippen LogP contribution in [0.4, 0.5) is 10.1 Å². The first kappa shape index (κ1) is 18.6. The highest BCUT2D eigenvalue weighted by Gasteiger charge is 2.32. The Kier molecular flexibility index (Phi) is 5.21. The van der Waals surface area contributed by atoms with Crippen molar-refractivity contribution >= 4 is 23.3 Å². The summed E-state index contributed by atoms with van der Waals surface area (Å²) in [6.07, 6.45) is 0.233. The Bertz CT molecular complexity index is 909. The monoisotopic (exact) mass is 370 g/mol. The molecule has 0 bridgehead atoms. The molecule has 2 N–H and O–H groups in total. The van der Waals surface area contributed by atoms with E-state index in [9.17, 15) is 18.8 Å². The number of halogens is 1. The van der Waals surface area contributed by atoms with Crippen LogP contribution in [0.5, 0.6) is 5.75 Å². The average molecular weight is 370 g/mol. The van der Waals surface area contributed by atoms with E-state index in [1.165, 1.54) is 19.2 Å². The molecule has 1 atom stereocenters. The number of ketones is 1. The van der Waals surface area contributed by atoms with Gasteiger partial charge in [0.05, 0.1) is 5.56 Å². The van der Waals surface area contributed by atoms with Crippen molar-refractivity contribution in [2.75, 3.05) is 19.0 Å². The van der Waals surface area contributed by atoms with Gasteiger partial charge in [0.15, 0.2) is 12.4 Å². The molecule has 0 radical (unpaired) electrons. The van der Waals surface area contributed by atoms with Crippen LogP contribution in [0, 0.1) is 5.82 Å². The van der Waals surface area contributed by atoms with Gasteiger partial charge in [-0.3, -0.25) is 14.4 Å². The predicted octanol–water partition coefficient (Wildman–Crippen LogP) is 2.89. The molecular formula is C20H19FN2O4. The molecule has 0 heterocycles. The van der Waals surface area contributed by atoms with E-state index in [0.29, 0.717) is 16.8 Å². The smallest absolute Gasteiger partial charge is 0.262 e. The van der Waals surface area contributed by atoms with Gasteiger partial charge in [0.1, 0.15) is 11.6 Å². The van der Waals surface area contributed by atoms with E-state index in [2.05, 4.69) is 10.6 Å². The van der Waals surface area contributed by atoms with Crippen LogP contribution < -0.4 is 15.4 Å². The highest BCUT2D eigenvalue weighted by molar-refractivity contribution is 6.04. The normalized spacial score (nSPS) is 15.2. The third-order valence-electron chi connectivity index (χ3n) is 4.43. The maximum Gasteiger partial charge on any atom is 0.262 e. The largest absolute Gasteiger partial charge is 0.483 e. The van der Waals surface area contributed by atoms with Crippen molar-refractivity contribution in [3.8, 4) is 5.75 Å². The van der Waals surface area contributed by atoms with Crippen LogP contribution in [0.3, 0.4) is 0 Å². The van der Waals surface area contributed by atoms with Crippen molar-refractivity contribution in [2.24, 2.45) is 0 Å². The van der Waals surface area contributed by atoms with Crippen molar-refractivity contribution in [1.29, 1.82) is 0 Å². The molecule has 1 unspecified atom stereocenters. The third-order valence-corrected chi connectivity index (χ3v) is 4.43. The number of carbonyl (C=O) groups is 3. The van der Waals surface area contributed by atoms with E-state index < -0.39 is 11.7 Å². The second-order valence-electron chi connectivity index (χ2n) is 6.36. The molecule has 0 saturated carbocycles. The summed E-state index contributed by atoms with van der Waals surface area (Å²) in [6, 6.07) is 8.99. The van der Waals surface area contributed by atoms with Crippen molar-refractivity contribution < 1.29 is 23.5 Å².